The summed E-state index contributed by atoms with van der Waals surface area (Å²) in [5.74, 6) is -2.50. The van der Waals surface area contributed by atoms with Crippen LogP contribution in [0, 0.1) is 5.82 Å². The minimum Gasteiger partial charge on any atom is -0.479 e. The normalized spacial score (nSPS) is 12.9. The Labute approximate surface area is 172 Å². The minimum atomic E-state index is -4.83. The summed E-state index contributed by atoms with van der Waals surface area (Å²) in [5, 5.41) is 7.65. The summed E-state index contributed by atoms with van der Waals surface area (Å²) in [5.41, 5.74) is -2.00. The van der Waals surface area contributed by atoms with Gasteiger partial charge in [-0.3, -0.25) is 0 Å². The zero-order valence-corrected chi connectivity index (χ0v) is 16.8. The van der Waals surface area contributed by atoms with Gasteiger partial charge in [-0.2, -0.15) is 13.2 Å². The predicted octanol–water partition coefficient (Wildman–Crippen LogP) is 6.54. The van der Waals surface area contributed by atoms with E-state index in [4.69, 9.17) is 44.6 Å². The molecule has 1 aromatic heterocycles. The molecule has 0 fully saturated rings. The molecule has 0 aliphatic heterocycles. The van der Waals surface area contributed by atoms with Gasteiger partial charge < -0.3 is 14.4 Å². The van der Waals surface area contributed by atoms with E-state index in [1.165, 1.54) is 6.92 Å². The third-order valence-corrected chi connectivity index (χ3v) is 4.99. The zero-order chi connectivity index (χ0) is 21.4. The second-order valence-corrected chi connectivity index (χ2v) is 6.83. The van der Waals surface area contributed by atoms with Crippen molar-refractivity contribution in [2.24, 2.45) is 0 Å². The summed E-state index contributed by atoms with van der Waals surface area (Å²) in [6, 6.07) is 1.78. The second kappa shape index (κ2) is 8.39. The molecule has 1 heterocycles. The van der Waals surface area contributed by atoms with Gasteiger partial charge in [-0.15, -0.1) is 0 Å². The van der Waals surface area contributed by atoms with E-state index >= 15 is 0 Å². The van der Waals surface area contributed by atoms with Crippen molar-refractivity contribution in [1.29, 1.82) is 0 Å². The molecule has 1 unspecified atom stereocenters. The van der Waals surface area contributed by atoms with Gasteiger partial charge in [0.25, 0.3) is 0 Å². The van der Waals surface area contributed by atoms with Crippen LogP contribution >= 0.6 is 34.8 Å². The van der Waals surface area contributed by atoms with Crippen molar-refractivity contribution in [3.8, 4) is 16.9 Å². The molecule has 154 valence electrons. The number of hydrogen-bond acceptors (Lipinski definition) is 2. The van der Waals surface area contributed by atoms with Crippen LogP contribution in [0.5, 0.6) is 5.75 Å². The summed E-state index contributed by atoms with van der Waals surface area (Å²) in [4.78, 5) is 11.2. The molecule has 1 N–H and O–H groups in total. The molecule has 0 aliphatic carbocycles. The standard InChI is InChI=1S/C17H14Cl3F4NO3/c1-3-10(16(26)27)28-11-5-7(9(21)6-8(11)18)12-13(19)14(17(22,23)24)25(4-2)15(12)20/h5-6,10H,3-4H2,1-2H3,(H,26,27). The summed E-state index contributed by atoms with van der Waals surface area (Å²) in [7, 11) is 0. The maximum atomic E-state index is 14.5. The van der Waals surface area contributed by atoms with Gasteiger partial charge in [-0.1, -0.05) is 41.7 Å². The molecule has 4 nitrogen and oxygen atoms in total. The summed E-state index contributed by atoms with van der Waals surface area (Å²) in [6.45, 7) is 2.80. The van der Waals surface area contributed by atoms with Crippen molar-refractivity contribution >= 4 is 40.8 Å². The molecule has 0 aliphatic rings. The molecule has 0 amide bonds. The van der Waals surface area contributed by atoms with Gasteiger partial charge in [0, 0.05) is 17.7 Å². The first kappa shape index (κ1) is 22.6. The lowest BCUT2D eigenvalue weighted by Gasteiger charge is -2.16. The first-order valence-corrected chi connectivity index (χ1v) is 9.10. The molecule has 1 aromatic carbocycles. The van der Waals surface area contributed by atoms with Crippen molar-refractivity contribution in [1.82, 2.24) is 4.57 Å². The lowest BCUT2D eigenvalue weighted by Crippen LogP contribution is -2.26. The fraction of sp³-hybridized carbons (Fsp3) is 0.353. The lowest BCUT2D eigenvalue weighted by molar-refractivity contribution is -0.145. The Morgan fingerprint density at radius 2 is 1.86 bits per heavy atom. The SMILES string of the molecule is CCC(Oc1cc(-c2c(Cl)c(C(F)(F)F)n(CC)c2Cl)c(F)cc1Cl)C(=O)O. The molecule has 0 bridgehead atoms. The van der Waals surface area contributed by atoms with Crippen LogP contribution in [0.2, 0.25) is 15.2 Å². The van der Waals surface area contributed by atoms with E-state index in [0.717, 1.165) is 12.1 Å². The van der Waals surface area contributed by atoms with Crippen LogP contribution in [-0.4, -0.2) is 21.7 Å². The summed E-state index contributed by atoms with van der Waals surface area (Å²) >= 11 is 17.9. The molecular formula is C17H14Cl3F4NO3. The van der Waals surface area contributed by atoms with Gasteiger partial charge in [-0.05, 0) is 25.5 Å². The van der Waals surface area contributed by atoms with Crippen LogP contribution in [0.25, 0.3) is 11.1 Å². The van der Waals surface area contributed by atoms with Crippen molar-refractivity contribution in [3.63, 3.8) is 0 Å². The summed E-state index contributed by atoms with van der Waals surface area (Å²) < 4.78 is 60.7. The number of carboxylic acids is 1. The van der Waals surface area contributed by atoms with E-state index in [9.17, 15) is 22.4 Å². The number of rotatable bonds is 6. The first-order valence-electron chi connectivity index (χ1n) is 7.97. The fourth-order valence-corrected chi connectivity index (χ4v) is 3.68. The van der Waals surface area contributed by atoms with Gasteiger partial charge in [0.2, 0.25) is 0 Å². The topological polar surface area (TPSA) is 51.5 Å². The maximum absolute atomic E-state index is 14.5. The number of alkyl halides is 3. The van der Waals surface area contributed by atoms with E-state index in [1.54, 1.807) is 6.92 Å². The summed E-state index contributed by atoms with van der Waals surface area (Å²) in [6.07, 6.45) is -6.04. The molecule has 2 rings (SSSR count). The lowest BCUT2D eigenvalue weighted by atomic mass is 10.1. The molecule has 0 radical (unpaired) electrons. The number of carbonyl (C=O) groups is 1. The van der Waals surface area contributed by atoms with Gasteiger partial charge in [-0.25, -0.2) is 9.18 Å². The number of aliphatic carboxylic acids is 1. The molecule has 28 heavy (non-hydrogen) atoms. The Morgan fingerprint density at radius 1 is 1.25 bits per heavy atom. The Hall–Kier alpha value is -1.64. The Balaban J connectivity index is 2.71. The van der Waals surface area contributed by atoms with Crippen molar-refractivity contribution in [2.45, 2.75) is 39.1 Å². The van der Waals surface area contributed by atoms with E-state index < -0.39 is 45.5 Å². The highest BCUT2D eigenvalue weighted by Gasteiger charge is 2.40. The van der Waals surface area contributed by atoms with Gasteiger partial charge in [0.05, 0.1) is 10.0 Å². The molecule has 0 saturated heterocycles. The smallest absolute Gasteiger partial charge is 0.432 e. The van der Waals surface area contributed by atoms with Crippen LogP contribution in [0.1, 0.15) is 26.0 Å². The zero-order valence-electron chi connectivity index (χ0n) is 14.5. The van der Waals surface area contributed by atoms with E-state index in [0.29, 0.717) is 4.57 Å². The quantitative estimate of drug-likeness (QED) is 0.496. The highest BCUT2D eigenvalue weighted by molar-refractivity contribution is 6.40. The van der Waals surface area contributed by atoms with Crippen molar-refractivity contribution in [3.05, 3.63) is 38.8 Å². The Kier molecular flexibility index (Phi) is 6.78. The minimum absolute atomic E-state index is 0.0737. The molecule has 0 spiro atoms. The molecule has 0 saturated carbocycles. The van der Waals surface area contributed by atoms with E-state index in [-0.39, 0.29) is 29.3 Å². The molecule has 2 aromatic rings. The number of carboxylic acid groups (broad SMARTS) is 1. The van der Waals surface area contributed by atoms with Crippen LogP contribution in [0.4, 0.5) is 17.6 Å². The van der Waals surface area contributed by atoms with Gasteiger partial charge in [0.1, 0.15) is 22.4 Å². The average molecular weight is 463 g/mol. The molecule has 1 atom stereocenters. The van der Waals surface area contributed by atoms with Gasteiger partial charge >= 0.3 is 12.1 Å². The second-order valence-electron chi connectivity index (χ2n) is 5.69. The third-order valence-electron chi connectivity index (χ3n) is 3.93. The highest BCUT2D eigenvalue weighted by atomic mass is 35.5. The van der Waals surface area contributed by atoms with Crippen molar-refractivity contribution in [2.75, 3.05) is 0 Å². The monoisotopic (exact) mass is 461 g/mol. The van der Waals surface area contributed by atoms with E-state index in [2.05, 4.69) is 0 Å². The van der Waals surface area contributed by atoms with Crippen molar-refractivity contribution < 1.29 is 32.2 Å². The number of ether oxygens (including phenoxy) is 1. The van der Waals surface area contributed by atoms with Crippen LogP contribution in [-0.2, 0) is 17.5 Å². The van der Waals surface area contributed by atoms with Crippen LogP contribution in [0.15, 0.2) is 12.1 Å². The fourth-order valence-electron chi connectivity index (χ4n) is 2.64. The predicted molar refractivity (Wildman–Crippen MR) is 97.9 cm³/mol. The molecule has 11 heteroatoms. The van der Waals surface area contributed by atoms with E-state index in [1.807, 2.05) is 0 Å². The number of hydrogen-bond donors (Lipinski definition) is 1. The van der Waals surface area contributed by atoms with Crippen LogP contribution in [0.3, 0.4) is 0 Å². The Morgan fingerprint density at radius 3 is 2.29 bits per heavy atom. The van der Waals surface area contributed by atoms with Gasteiger partial charge in [0.15, 0.2) is 6.10 Å². The molecular weight excluding hydrogens is 449 g/mol. The largest absolute Gasteiger partial charge is 0.479 e. The number of halogens is 7. The van der Waals surface area contributed by atoms with Crippen LogP contribution < -0.4 is 4.74 Å². The first-order chi connectivity index (χ1) is 12.9. The number of aromatic nitrogens is 1. The number of nitrogens with zero attached hydrogens (tertiary/aromatic N) is 1. The number of benzene rings is 1. The Bertz CT molecular complexity index is 912. The third kappa shape index (κ3) is 4.18. The highest BCUT2D eigenvalue weighted by Crippen LogP contribution is 2.48. The average Bonchev–Trinajstić information content (AvgIpc) is 2.84. The maximum Gasteiger partial charge on any atom is 0.432 e.